The fourth-order valence-electron chi connectivity index (χ4n) is 1.31. The van der Waals surface area contributed by atoms with E-state index < -0.39 is 5.97 Å². The summed E-state index contributed by atoms with van der Waals surface area (Å²) in [4.78, 5) is 33.6. The highest BCUT2D eigenvalue weighted by atomic mass is 16.4. The lowest BCUT2D eigenvalue weighted by Crippen LogP contribution is -2.30. The molecule has 0 bridgehead atoms. The number of carbonyl (C=O) groups excluding carboxylic acids is 2. The number of aliphatic carboxylic acids is 1. The van der Waals surface area contributed by atoms with Gasteiger partial charge >= 0.3 is 5.97 Å². The molecule has 1 N–H and O–H groups in total. The van der Waals surface area contributed by atoms with Gasteiger partial charge in [0.1, 0.15) is 0 Å². The molecule has 76 valence electrons. The van der Waals surface area contributed by atoms with Crippen LogP contribution in [0, 0.1) is 0 Å². The van der Waals surface area contributed by atoms with Gasteiger partial charge < -0.3 is 5.11 Å². The van der Waals surface area contributed by atoms with E-state index in [0.717, 1.165) is 11.0 Å². The van der Waals surface area contributed by atoms with E-state index in [9.17, 15) is 14.4 Å². The fourth-order valence-corrected chi connectivity index (χ4v) is 1.31. The first-order valence-electron chi connectivity index (χ1n) is 4.24. The summed E-state index contributed by atoms with van der Waals surface area (Å²) in [6.07, 6.45) is 1.47. The van der Waals surface area contributed by atoms with Crippen LogP contribution in [0.4, 0.5) is 0 Å². The zero-order chi connectivity index (χ0) is 10.7. The Kier molecular flexibility index (Phi) is 3.01. The average Bonchev–Trinajstić information content (AvgIpc) is 2.34. The fraction of sp³-hybridized carbons (Fsp3) is 0.444. The molecule has 1 rings (SSSR count). The number of carboxylic acids is 1. The monoisotopic (exact) mass is 197 g/mol. The van der Waals surface area contributed by atoms with Crippen LogP contribution in [0.5, 0.6) is 0 Å². The first-order valence-corrected chi connectivity index (χ1v) is 4.24. The number of imide groups is 1. The summed E-state index contributed by atoms with van der Waals surface area (Å²) < 4.78 is 0. The van der Waals surface area contributed by atoms with Crippen molar-refractivity contribution in [3.8, 4) is 0 Å². The number of rotatable bonds is 3. The number of carboxylic acid groups (broad SMARTS) is 1. The van der Waals surface area contributed by atoms with Crippen molar-refractivity contribution >= 4 is 17.8 Å². The highest BCUT2D eigenvalue weighted by Crippen LogP contribution is 2.13. The first kappa shape index (κ1) is 10.4. The molecule has 0 atom stereocenters. The lowest BCUT2D eigenvalue weighted by atomic mass is 10.2. The topological polar surface area (TPSA) is 74.7 Å². The maximum Gasteiger partial charge on any atom is 0.328 e. The van der Waals surface area contributed by atoms with E-state index in [2.05, 4.69) is 0 Å². The molecule has 0 unspecified atom stereocenters. The summed E-state index contributed by atoms with van der Waals surface area (Å²) in [5.41, 5.74) is 0.487. The molecular weight excluding hydrogens is 186 g/mol. The zero-order valence-corrected chi connectivity index (χ0v) is 7.82. The van der Waals surface area contributed by atoms with Gasteiger partial charge in [-0.2, -0.15) is 0 Å². The van der Waals surface area contributed by atoms with Gasteiger partial charge in [0.05, 0.1) is 0 Å². The Morgan fingerprint density at radius 3 is 2.36 bits per heavy atom. The maximum atomic E-state index is 11.1. The Hall–Kier alpha value is -1.65. The van der Waals surface area contributed by atoms with Gasteiger partial charge in [0, 0.05) is 25.5 Å². The number of carbonyl (C=O) groups is 3. The van der Waals surface area contributed by atoms with Crippen LogP contribution in [0.1, 0.15) is 19.8 Å². The lowest BCUT2D eigenvalue weighted by Gasteiger charge is -2.13. The van der Waals surface area contributed by atoms with Crippen LogP contribution in [-0.2, 0) is 14.4 Å². The standard InChI is InChI=1S/C9H11NO4/c1-6(4-9(13)14)5-10-7(11)2-3-8(10)12/h4H,2-3,5H2,1H3,(H,13,14). The second-order valence-electron chi connectivity index (χ2n) is 3.20. The van der Waals surface area contributed by atoms with Crippen molar-refractivity contribution in [2.24, 2.45) is 0 Å². The third-order valence-corrected chi connectivity index (χ3v) is 1.93. The molecule has 1 aliphatic rings. The summed E-state index contributed by atoms with van der Waals surface area (Å²) in [7, 11) is 0. The predicted octanol–water partition coefficient (Wildman–Crippen LogP) is 0.166. The molecule has 1 heterocycles. The van der Waals surface area contributed by atoms with Gasteiger partial charge in [-0.3, -0.25) is 14.5 Å². The average molecular weight is 197 g/mol. The third kappa shape index (κ3) is 2.42. The highest BCUT2D eigenvalue weighted by molar-refractivity contribution is 6.02. The van der Waals surface area contributed by atoms with Crippen molar-refractivity contribution in [3.63, 3.8) is 0 Å². The molecule has 14 heavy (non-hydrogen) atoms. The molecule has 0 spiro atoms. The van der Waals surface area contributed by atoms with Crippen LogP contribution in [-0.4, -0.2) is 34.3 Å². The van der Waals surface area contributed by atoms with Crippen LogP contribution in [0.25, 0.3) is 0 Å². The molecule has 0 saturated carbocycles. The summed E-state index contributed by atoms with van der Waals surface area (Å²) in [5.74, 6) is -1.53. The Bertz CT molecular complexity index is 303. The number of hydrogen-bond donors (Lipinski definition) is 1. The van der Waals surface area contributed by atoms with E-state index in [0.29, 0.717) is 5.57 Å². The van der Waals surface area contributed by atoms with Gasteiger partial charge in [0.15, 0.2) is 0 Å². The number of likely N-dealkylation sites (tertiary alicyclic amines) is 1. The van der Waals surface area contributed by atoms with Crippen LogP contribution >= 0.6 is 0 Å². The minimum Gasteiger partial charge on any atom is -0.478 e. The third-order valence-electron chi connectivity index (χ3n) is 1.93. The van der Waals surface area contributed by atoms with Crippen molar-refractivity contribution in [1.82, 2.24) is 4.90 Å². The van der Waals surface area contributed by atoms with E-state index in [1.807, 2.05) is 0 Å². The normalized spacial score (nSPS) is 17.8. The van der Waals surface area contributed by atoms with Gasteiger partial charge in [-0.25, -0.2) is 4.79 Å². The second-order valence-corrected chi connectivity index (χ2v) is 3.20. The molecule has 0 aromatic carbocycles. The highest BCUT2D eigenvalue weighted by Gasteiger charge is 2.28. The Morgan fingerprint density at radius 2 is 1.93 bits per heavy atom. The molecule has 0 radical (unpaired) electrons. The molecule has 0 aromatic heterocycles. The van der Waals surface area contributed by atoms with E-state index >= 15 is 0 Å². The van der Waals surface area contributed by atoms with E-state index in [-0.39, 0.29) is 31.2 Å². The predicted molar refractivity (Wildman–Crippen MR) is 47.3 cm³/mol. The molecule has 2 amide bonds. The molecule has 0 aromatic rings. The minimum atomic E-state index is -1.07. The quantitative estimate of drug-likeness (QED) is 0.516. The Morgan fingerprint density at radius 1 is 1.43 bits per heavy atom. The van der Waals surface area contributed by atoms with Gasteiger partial charge in [0.2, 0.25) is 11.8 Å². The van der Waals surface area contributed by atoms with Crippen molar-refractivity contribution < 1.29 is 19.5 Å². The van der Waals surface area contributed by atoms with Crippen molar-refractivity contribution in [1.29, 1.82) is 0 Å². The molecular formula is C9H11NO4. The molecule has 1 aliphatic heterocycles. The first-order chi connectivity index (χ1) is 6.50. The van der Waals surface area contributed by atoms with Crippen molar-refractivity contribution in [2.45, 2.75) is 19.8 Å². The summed E-state index contributed by atoms with van der Waals surface area (Å²) in [6.45, 7) is 1.66. The minimum absolute atomic E-state index is 0.0873. The van der Waals surface area contributed by atoms with Crippen molar-refractivity contribution in [3.05, 3.63) is 11.6 Å². The van der Waals surface area contributed by atoms with E-state index in [1.165, 1.54) is 0 Å². The molecule has 1 fully saturated rings. The Balaban J connectivity index is 2.64. The van der Waals surface area contributed by atoms with Gasteiger partial charge in [-0.1, -0.05) is 0 Å². The van der Waals surface area contributed by atoms with Crippen LogP contribution in [0.15, 0.2) is 11.6 Å². The number of hydrogen-bond acceptors (Lipinski definition) is 3. The van der Waals surface area contributed by atoms with Crippen LogP contribution < -0.4 is 0 Å². The molecule has 5 heteroatoms. The lowest BCUT2D eigenvalue weighted by molar-refractivity contribution is -0.138. The summed E-state index contributed by atoms with van der Waals surface area (Å²) in [5, 5.41) is 8.42. The summed E-state index contributed by atoms with van der Waals surface area (Å²) >= 11 is 0. The van der Waals surface area contributed by atoms with Crippen LogP contribution in [0.3, 0.4) is 0 Å². The molecule has 5 nitrogen and oxygen atoms in total. The number of amides is 2. The van der Waals surface area contributed by atoms with Gasteiger partial charge in [-0.15, -0.1) is 0 Å². The summed E-state index contributed by atoms with van der Waals surface area (Å²) in [6, 6.07) is 0. The van der Waals surface area contributed by atoms with Gasteiger partial charge in [-0.05, 0) is 12.5 Å². The molecule has 0 aliphatic carbocycles. The number of nitrogens with zero attached hydrogens (tertiary/aromatic N) is 1. The smallest absolute Gasteiger partial charge is 0.328 e. The largest absolute Gasteiger partial charge is 0.478 e. The maximum absolute atomic E-state index is 11.1. The van der Waals surface area contributed by atoms with Crippen molar-refractivity contribution in [2.75, 3.05) is 6.54 Å². The zero-order valence-electron chi connectivity index (χ0n) is 7.82. The second kappa shape index (κ2) is 4.04. The SMILES string of the molecule is CC(=CC(=O)O)CN1C(=O)CCC1=O. The van der Waals surface area contributed by atoms with E-state index in [1.54, 1.807) is 6.92 Å². The van der Waals surface area contributed by atoms with Gasteiger partial charge in [0.25, 0.3) is 0 Å². The molecule has 1 saturated heterocycles. The van der Waals surface area contributed by atoms with Crippen LogP contribution in [0.2, 0.25) is 0 Å². The Labute approximate surface area is 81.0 Å². The van der Waals surface area contributed by atoms with E-state index in [4.69, 9.17) is 5.11 Å².